The van der Waals surface area contributed by atoms with Gasteiger partial charge in [-0.05, 0) is 0 Å². The molecule has 0 heterocycles. The van der Waals surface area contributed by atoms with Crippen LogP contribution in [0, 0.1) is 0 Å². The van der Waals surface area contributed by atoms with Crippen molar-refractivity contribution < 1.29 is 0 Å². The zero-order valence-corrected chi connectivity index (χ0v) is 13.4. The molecule has 0 amide bonds. The molecule has 2 heteroatoms. The molecule has 0 aromatic heterocycles. The van der Waals surface area contributed by atoms with Gasteiger partial charge >= 0.3 is 109 Å². The number of aryl methyl sites for hydroxylation is 1. The van der Waals surface area contributed by atoms with Crippen LogP contribution in [0.3, 0.4) is 0 Å². The summed E-state index contributed by atoms with van der Waals surface area (Å²) in [4.78, 5) is 0. The van der Waals surface area contributed by atoms with Crippen LogP contribution < -0.4 is 5.30 Å². The Morgan fingerprint density at radius 3 is 2.25 bits per heavy atom. The molecule has 0 atom stereocenters. The van der Waals surface area contributed by atoms with Gasteiger partial charge in [0.25, 0.3) is 0 Å². The maximum atomic E-state index is 3.98. The number of hydrogen-bond donors (Lipinski definition) is 0. The molecule has 0 aliphatic heterocycles. The van der Waals surface area contributed by atoms with Gasteiger partial charge in [0.15, 0.2) is 0 Å². The quantitative estimate of drug-likeness (QED) is 0.541. The van der Waals surface area contributed by atoms with Crippen LogP contribution in [-0.2, 0) is 6.42 Å². The molecular weight excluding hydrogens is 279 g/mol. The second kappa shape index (κ2) is 5.19. The Bertz CT molecular complexity index is 340. The molecule has 0 aliphatic carbocycles. The number of unbranched alkanes of at least 4 members (excludes halogenated alkanes) is 2. The Labute approximate surface area is 108 Å². The maximum absolute atomic E-state index is 3.98. The molecule has 0 spiro atoms. The van der Waals surface area contributed by atoms with Crippen molar-refractivity contribution in [1.82, 2.24) is 0 Å². The third kappa shape index (κ3) is 4.18. The molecule has 0 nitrogen and oxygen atoms in total. The third-order valence-corrected chi connectivity index (χ3v) is 6.07. The SMILES string of the molecule is CCCCCc1ccccc1P(C)(C)(C)Br. The molecule has 0 fully saturated rings. The molecular formula is C14H24BrP. The van der Waals surface area contributed by atoms with Crippen molar-refractivity contribution in [1.29, 1.82) is 0 Å². The topological polar surface area (TPSA) is 0 Å². The van der Waals surface area contributed by atoms with Crippen molar-refractivity contribution in [2.75, 3.05) is 20.0 Å². The Kier molecular flexibility index (Phi) is 4.60. The Morgan fingerprint density at radius 1 is 1.06 bits per heavy atom. The molecule has 0 unspecified atom stereocenters. The van der Waals surface area contributed by atoms with Crippen molar-refractivity contribution in [2.45, 2.75) is 32.6 Å². The van der Waals surface area contributed by atoms with Gasteiger partial charge in [0.05, 0.1) is 0 Å². The van der Waals surface area contributed by atoms with Crippen LogP contribution in [0.15, 0.2) is 24.3 Å². The monoisotopic (exact) mass is 302 g/mol. The predicted molar refractivity (Wildman–Crippen MR) is 82.9 cm³/mol. The summed E-state index contributed by atoms with van der Waals surface area (Å²) in [6, 6.07) is 8.93. The molecule has 0 bridgehead atoms. The summed E-state index contributed by atoms with van der Waals surface area (Å²) in [5.41, 5.74) is 1.54. The summed E-state index contributed by atoms with van der Waals surface area (Å²) < 4.78 is 0. The number of benzene rings is 1. The summed E-state index contributed by atoms with van der Waals surface area (Å²) in [5, 5.41) is -0.246. The average molecular weight is 303 g/mol. The fourth-order valence-corrected chi connectivity index (χ4v) is 4.81. The van der Waals surface area contributed by atoms with Gasteiger partial charge < -0.3 is 0 Å². The molecule has 0 radical (unpaired) electrons. The standard InChI is InChI=1S/C14H24BrP/c1-5-6-7-10-13-11-8-9-12-14(13)16(2,3,4)15/h8-9,11-12H,5-7,10H2,1-4H3. The van der Waals surface area contributed by atoms with Crippen molar-refractivity contribution in [2.24, 2.45) is 0 Å². The van der Waals surface area contributed by atoms with E-state index in [1.54, 1.807) is 5.30 Å². The van der Waals surface area contributed by atoms with E-state index in [-0.39, 0.29) is 0 Å². The van der Waals surface area contributed by atoms with E-state index in [1.807, 2.05) is 0 Å². The molecule has 0 N–H and O–H groups in total. The second-order valence-corrected chi connectivity index (χ2v) is 18.8. The zero-order valence-electron chi connectivity index (χ0n) is 11.0. The molecule has 0 aliphatic rings. The fraction of sp³-hybridized carbons (Fsp3) is 0.571. The fourth-order valence-electron chi connectivity index (χ4n) is 2.02. The van der Waals surface area contributed by atoms with E-state index in [1.165, 1.54) is 31.2 Å². The van der Waals surface area contributed by atoms with E-state index >= 15 is 0 Å². The van der Waals surface area contributed by atoms with Crippen molar-refractivity contribution in [3.05, 3.63) is 29.8 Å². The summed E-state index contributed by atoms with van der Waals surface area (Å²) in [6.07, 6.45) is 5.17. The zero-order chi connectivity index (χ0) is 12.3. The van der Waals surface area contributed by atoms with Crippen LogP contribution in [0.5, 0.6) is 0 Å². The Hall–Kier alpha value is 0.130. The Balaban J connectivity index is 2.93. The average Bonchev–Trinajstić information content (AvgIpc) is 2.16. The Morgan fingerprint density at radius 2 is 1.69 bits per heavy atom. The van der Waals surface area contributed by atoms with E-state index < -0.39 is 5.31 Å². The number of hydrogen-bond acceptors (Lipinski definition) is 0. The summed E-state index contributed by atoms with van der Waals surface area (Å²) in [7, 11) is 0. The first-order valence-electron chi connectivity index (χ1n) is 6.12. The van der Waals surface area contributed by atoms with Crippen LogP contribution in [0.2, 0.25) is 0 Å². The van der Waals surface area contributed by atoms with E-state index in [0.717, 1.165) is 0 Å². The second-order valence-electron chi connectivity index (χ2n) is 5.69. The van der Waals surface area contributed by atoms with Gasteiger partial charge in [-0.15, -0.1) is 0 Å². The molecule has 16 heavy (non-hydrogen) atoms. The van der Waals surface area contributed by atoms with E-state index in [0.29, 0.717) is 0 Å². The van der Waals surface area contributed by atoms with Gasteiger partial charge in [0.2, 0.25) is 0 Å². The van der Waals surface area contributed by atoms with E-state index in [2.05, 4.69) is 66.7 Å². The number of rotatable bonds is 5. The molecule has 1 aromatic rings. The van der Waals surface area contributed by atoms with Crippen molar-refractivity contribution in [3.8, 4) is 0 Å². The molecule has 0 saturated carbocycles. The molecule has 1 aromatic carbocycles. The number of halogens is 1. The molecule has 1 rings (SSSR count). The normalized spacial score (nSPS) is 14.4. The van der Waals surface area contributed by atoms with Gasteiger partial charge in [0.1, 0.15) is 0 Å². The van der Waals surface area contributed by atoms with Crippen LogP contribution >= 0.6 is 20.8 Å². The molecule has 0 saturated heterocycles. The first-order chi connectivity index (χ1) is 7.31. The third-order valence-electron chi connectivity index (χ3n) is 2.86. The van der Waals surface area contributed by atoms with Crippen LogP contribution in [0.4, 0.5) is 0 Å². The van der Waals surface area contributed by atoms with Gasteiger partial charge in [-0.1, -0.05) is 0 Å². The molecule has 92 valence electrons. The first-order valence-corrected chi connectivity index (χ1v) is 11.7. The summed E-state index contributed by atoms with van der Waals surface area (Å²) in [6.45, 7) is 9.36. The van der Waals surface area contributed by atoms with Gasteiger partial charge in [0, 0.05) is 0 Å². The van der Waals surface area contributed by atoms with E-state index in [4.69, 9.17) is 0 Å². The van der Waals surface area contributed by atoms with Crippen LogP contribution in [-0.4, -0.2) is 20.0 Å². The van der Waals surface area contributed by atoms with Gasteiger partial charge in [-0.25, -0.2) is 0 Å². The minimum atomic E-state index is -1.79. The summed E-state index contributed by atoms with van der Waals surface area (Å²) >= 11 is 3.98. The van der Waals surface area contributed by atoms with Crippen molar-refractivity contribution >= 4 is 26.1 Å². The van der Waals surface area contributed by atoms with E-state index in [9.17, 15) is 0 Å². The van der Waals surface area contributed by atoms with Gasteiger partial charge in [-0.3, -0.25) is 0 Å². The van der Waals surface area contributed by atoms with Gasteiger partial charge in [-0.2, -0.15) is 0 Å². The first kappa shape index (κ1) is 14.2. The van der Waals surface area contributed by atoms with Crippen LogP contribution in [0.1, 0.15) is 31.7 Å². The minimum absolute atomic E-state index is 1.23. The summed E-state index contributed by atoms with van der Waals surface area (Å²) in [5.74, 6) is 0. The van der Waals surface area contributed by atoms with Crippen molar-refractivity contribution in [3.63, 3.8) is 0 Å². The predicted octanol–water partition coefficient (Wildman–Crippen LogP) is 4.80. The van der Waals surface area contributed by atoms with Crippen LogP contribution in [0.25, 0.3) is 0 Å².